The van der Waals surface area contributed by atoms with Crippen molar-refractivity contribution in [2.45, 2.75) is 0 Å². The third-order valence-electron chi connectivity index (χ3n) is 2.07. The molecule has 0 radical (unpaired) electrons. The summed E-state index contributed by atoms with van der Waals surface area (Å²) in [6.45, 7) is 0. The molecule has 0 aliphatic heterocycles. The molecule has 1 aromatic heterocycles. The summed E-state index contributed by atoms with van der Waals surface area (Å²) >= 11 is 0.841. The highest BCUT2D eigenvalue weighted by Gasteiger charge is 2.18. The first kappa shape index (κ1) is 12.1. The maximum Gasteiger partial charge on any atom is 0.340 e. The molecule has 0 spiro atoms. The molecule has 0 fully saturated rings. The number of aromatic nitrogens is 2. The largest absolute Gasteiger partial charge is 0.478 e. The molecule has 1 aromatic carbocycles. The standard InChI is InChI=1S/C10H6FN3O3S/c11-5-2-1-3-6(8(5)10(16)17)13-9(15)7-4-12-18-14-7/h1-4H,(H,13,15)(H,16,17). The van der Waals surface area contributed by atoms with Gasteiger partial charge >= 0.3 is 5.97 Å². The summed E-state index contributed by atoms with van der Waals surface area (Å²) in [5.74, 6) is -3.02. The number of rotatable bonds is 3. The minimum absolute atomic E-state index is 0.0422. The van der Waals surface area contributed by atoms with Crippen molar-refractivity contribution in [3.05, 3.63) is 41.5 Å². The van der Waals surface area contributed by atoms with Crippen LogP contribution in [0.4, 0.5) is 10.1 Å². The number of carbonyl (C=O) groups excluding carboxylic acids is 1. The van der Waals surface area contributed by atoms with E-state index in [1.54, 1.807) is 0 Å². The molecule has 0 aliphatic rings. The molecule has 0 saturated carbocycles. The molecule has 0 saturated heterocycles. The van der Waals surface area contributed by atoms with Crippen molar-refractivity contribution in [1.29, 1.82) is 0 Å². The zero-order chi connectivity index (χ0) is 13.1. The first-order chi connectivity index (χ1) is 8.59. The first-order valence-electron chi connectivity index (χ1n) is 4.70. The van der Waals surface area contributed by atoms with Gasteiger partial charge in [-0.05, 0) is 12.1 Å². The molecule has 0 unspecified atom stereocenters. The Bertz CT molecular complexity index is 600. The first-order valence-corrected chi connectivity index (χ1v) is 5.43. The molecule has 0 bridgehead atoms. The maximum atomic E-state index is 13.3. The van der Waals surface area contributed by atoms with E-state index in [0.29, 0.717) is 0 Å². The normalized spacial score (nSPS) is 10.1. The molecular weight excluding hydrogens is 261 g/mol. The van der Waals surface area contributed by atoms with Crippen molar-refractivity contribution in [3.8, 4) is 0 Å². The summed E-state index contributed by atoms with van der Waals surface area (Å²) in [5, 5.41) is 11.2. The number of nitrogens with one attached hydrogen (secondary N) is 1. The van der Waals surface area contributed by atoms with Crippen LogP contribution in [0.5, 0.6) is 0 Å². The van der Waals surface area contributed by atoms with Crippen LogP contribution in [-0.2, 0) is 0 Å². The second-order valence-electron chi connectivity index (χ2n) is 3.21. The Morgan fingerprint density at radius 3 is 2.78 bits per heavy atom. The number of hydrogen-bond acceptors (Lipinski definition) is 5. The second kappa shape index (κ2) is 4.88. The minimum Gasteiger partial charge on any atom is -0.478 e. The molecular formula is C10H6FN3O3S. The maximum absolute atomic E-state index is 13.3. The van der Waals surface area contributed by atoms with Crippen molar-refractivity contribution in [2.24, 2.45) is 0 Å². The second-order valence-corrected chi connectivity index (χ2v) is 3.77. The Morgan fingerprint density at radius 2 is 2.17 bits per heavy atom. The smallest absolute Gasteiger partial charge is 0.340 e. The third kappa shape index (κ3) is 2.33. The summed E-state index contributed by atoms with van der Waals surface area (Å²) in [7, 11) is 0. The Balaban J connectivity index is 2.32. The zero-order valence-electron chi connectivity index (χ0n) is 8.75. The van der Waals surface area contributed by atoms with E-state index in [0.717, 1.165) is 17.8 Å². The lowest BCUT2D eigenvalue weighted by Crippen LogP contribution is -2.16. The van der Waals surface area contributed by atoms with Crippen LogP contribution in [0.1, 0.15) is 20.8 Å². The van der Waals surface area contributed by atoms with E-state index in [2.05, 4.69) is 14.1 Å². The molecule has 0 atom stereocenters. The number of carboxylic acids is 1. The van der Waals surface area contributed by atoms with Gasteiger partial charge in [0.25, 0.3) is 5.91 Å². The molecule has 1 heterocycles. The number of benzene rings is 1. The Labute approximate surface area is 104 Å². The molecule has 18 heavy (non-hydrogen) atoms. The number of aromatic carboxylic acids is 1. The summed E-state index contributed by atoms with van der Waals surface area (Å²) in [6, 6.07) is 3.60. The van der Waals surface area contributed by atoms with Crippen LogP contribution in [0.15, 0.2) is 24.4 Å². The summed E-state index contributed by atoms with van der Waals surface area (Å²) < 4.78 is 20.7. The average molecular weight is 267 g/mol. The minimum atomic E-state index is -1.46. The van der Waals surface area contributed by atoms with Crippen molar-refractivity contribution in [3.63, 3.8) is 0 Å². The number of anilines is 1. The molecule has 2 aromatic rings. The van der Waals surface area contributed by atoms with E-state index >= 15 is 0 Å². The van der Waals surface area contributed by atoms with Gasteiger partial charge in [-0.15, -0.1) is 0 Å². The van der Waals surface area contributed by atoms with E-state index in [-0.39, 0.29) is 11.4 Å². The van der Waals surface area contributed by atoms with Crippen molar-refractivity contribution >= 4 is 29.3 Å². The quantitative estimate of drug-likeness (QED) is 0.881. The van der Waals surface area contributed by atoms with Crippen molar-refractivity contribution in [2.75, 3.05) is 5.32 Å². The van der Waals surface area contributed by atoms with Crippen molar-refractivity contribution < 1.29 is 19.1 Å². The lowest BCUT2D eigenvalue weighted by Gasteiger charge is -2.07. The van der Waals surface area contributed by atoms with Crippen LogP contribution < -0.4 is 5.32 Å². The van der Waals surface area contributed by atoms with Crippen LogP contribution in [0, 0.1) is 5.82 Å². The topological polar surface area (TPSA) is 92.2 Å². The van der Waals surface area contributed by atoms with Gasteiger partial charge in [0.2, 0.25) is 0 Å². The van der Waals surface area contributed by atoms with Gasteiger partial charge in [-0.2, -0.15) is 8.75 Å². The molecule has 6 nitrogen and oxygen atoms in total. The van der Waals surface area contributed by atoms with Crippen LogP contribution in [0.3, 0.4) is 0 Å². The van der Waals surface area contributed by atoms with E-state index in [1.165, 1.54) is 18.3 Å². The summed E-state index contributed by atoms with van der Waals surface area (Å²) in [6.07, 6.45) is 1.24. The average Bonchev–Trinajstić information content (AvgIpc) is 2.81. The fourth-order valence-electron chi connectivity index (χ4n) is 1.30. The zero-order valence-corrected chi connectivity index (χ0v) is 9.57. The summed E-state index contributed by atoms with van der Waals surface area (Å²) in [5.41, 5.74) is -0.671. The van der Waals surface area contributed by atoms with Gasteiger partial charge in [-0.1, -0.05) is 6.07 Å². The molecule has 2 N–H and O–H groups in total. The lowest BCUT2D eigenvalue weighted by atomic mass is 10.1. The van der Waals surface area contributed by atoms with E-state index in [1.807, 2.05) is 0 Å². The Hall–Kier alpha value is -2.35. The van der Waals surface area contributed by atoms with Gasteiger partial charge in [-0.25, -0.2) is 9.18 Å². The van der Waals surface area contributed by atoms with E-state index in [9.17, 15) is 14.0 Å². The number of carbonyl (C=O) groups is 2. The van der Waals surface area contributed by atoms with Gasteiger partial charge in [0.05, 0.1) is 23.6 Å². The number of carboxylic acid groups (broad SMARTS) is 1. The lowest BCUT2D eigenvalue weighted by molar-refractivity contribution is 0.0693. The highest BCUT2D eigenvalue weighted by molar-refractivity contribution is 6.99. The van der Waals surface area contributed by atoms with E-state index in [4.69, 9.17) is 5.11 Å². The van der Waals surface area contributed by atoms with Crippen LogP contribution >= 0.6 is 11.7 Å². The van der Waals surface area contributed by atoms with Gasteiger partial charge in [0.15, 0.2) is 5.69 Å². The SMILES string of the molecule is O=C(Nc1cccc(F)c1C(=O)O)c1cnsn1. The van der Waals surface area contributed by atoms with Gasteiger partial charge in [0.1, 0.15) is 11.4 Å². The molecule has 92 valence electrons. The van der Waals surface area contributed by atoms with Crippen molar-refractivity contribution in [1.82, 2.24) is 8.75 Å². The molecule has 1 amide bonds. The fraction of sp³-hybridized carbons (Fsp3) is 0. The van der Waals surface area contributed by atoms with Gasteiger partial charge in [-0.3, -0.25) is 4.79 Å². The van der Waals surface area contributed by atoms with Gasteiger partial charge in [0, 0.05) is 0 Å². The molecule has 2 rings (SSSR count). The monoisotopic (exact) mass is 267 g/mol. The highest BCUT2D eigenvalue weighted by Crippen LogP contribution is 2.19. The highest BCUT2D eigenvalue weighted by atomic mass is 32.1. The fourth-order valence-corrected chi connectivity index (χ4v) is 1.71. The van der Waals surface area contributed by atoms with Crippen LogP contribution in [-0.4, -0.2) is 25.7 Å². The Morgan fingerprint density at radius 1 is 1.39 bits per heavy atom. The predicted octanol–water partition coefficient (Wildman–Crippen LogP) is 1.63. The molecule has 8 heteroatoms. The predicted molar refractivity (Wildman–Crippen MR) is 61.2 cm³/mol. The number of hydrogen-bond donors (Lipinski definition) is 2. The van der Waals surface area contributed by atoms with Gasteiger partial charge < -0.3 is 10.4 Å². The number of amides is 1. The van der Waals surface area contributed by atoms with E-state index < -0.39 is 23.3 Å². The van der Waals surface area contributed by atoms with Crippen LogP contribution in [0.25, 0.3) is 0 Å². The molecule has 0 aliphatic carbocycles. The summed E-state index contributed by atoms with van der Waals surface area (Å²) in [4.78, 5) is 22.5. The third-order valence-corrected chi connectivity index (χ3v) is 2.55. The Kier molecular flexibility index (Phi) is 3.28. The number of halogens is 1. The number of nitrogens with zero attached hydrogens (tertiary/aromatic N) is 2. The van der Waals surface area contributed by atoms with Crippen LogP contribution in [0.2, 0.25) is 0 Å².